The lowest BCUT2D eigenvalue weighted by Crippen LogP contribution is -2.28. The third-order valence-corrected chi connectivity index (χ3v) is 4.35. The molecule has 150 valence electrons. The van der Waals surface area contributed by atoms with Crippen molar-refractivity contribution in [3.63, 3.8) is 0 Å². The number of carbonyl (C=O) groups is 1. The van der Waals surface area contributed by atoms with Gasteiger partial charge in [0.15, 0.2) is 0 Å². The van der Waals surface area contributed by atoms with E-state index in [0.29, 0.717) is 17.9 Å². The minimum absolute atomic E-state index is 0.0452. The van der Waals surface area contributed by atoms with Gasteiger partial charge in [0, 0.05) is 37.7 Å². The van der Waals surface area contributed by atoms with E-state index in [2.05, 4.69) is 15.3 Å². The number of nitrogens with one attached hydrogen (secondary N) is 1. The molecule has 1 amide bonds. The topological polar surface area (TPSA) is 67.3 Å². The molecule has 29 heavy (non-hydrogen) atoms. The van der Waals surface area contributed by atoms with Crippen molar-refractivity contribution >= 4 is 17.4 Å². The molecule has 2 heterocycles. The summed E-state index contributed by atoms with van der Waals surface area (Å²) in [5.74, 6) is 1.30. The molecule has 0 spiro atoms. The summed E-state index contributed by atoms with van der Waals surface area (Å²) in [6, 6.07) is 15.1. The fourth-order valence-electron chi connectivity index (χ4n) is 2.86. The first-order chi connectivity index (χ1) is 14.0. The molecule has 0 unspecified atom stereocenters. The van der Waals surface area contributed by atoms with Crippen molar-refractivity contribution in [3.05, 3.63) is 78.2 Å². The Morgan fingerprint density at radius 3 is 2.62 bits per heavy atom. The van der Waals surface area contributed by atoms with Gasteiger partial charge in [0.1, 0.15) is 11.6 Å². The van der Waals surface area contributed by atoms with E-state index in [1.807, 2.05) is 57.3 Å². The van der Waals surface area contributed by atoms with Gasteiger partial charge in [-0.2, -0.15) is 0 Å². The number of rotatable bonds is 8. The van der Waals surface area contributed by atoms with Gasteiger partial charge >= 0.3 is 0 Å². The van der Waals surface area contributed by atoms with Gasteiger partial charge in [-0.3, -0.25) is 9.78 Å². The van der Waals surface area contributed by atoms with Gasteiger partial charge < -0.3 is 15.0 Å². The van der Waals surface area contributed by atoms with Crippen molar-refractivity contribution in [1.29, 1.82) is 0 Å². The third-order valence-electron chi connectivity index (χ3n) is 4.35. The number of hydrogen-bond donors (Lipinski definition) is 1. The van der Waals surface area contributed by atoms with E-state index in [9.17, 15) is 4.79 Å². The van der Waals surface area contributed by atoms with Gasteiger partial charge in [0.05, 0.1) is 11.8 Å². The summed E-state index contributed by atoms with van der Waals surface area (Å²) in [7, 11) is 1.81. The number of para-hydroxylation sites is 2. The van der Waals surface area contributed by atoms with Gasteiger partial charge in [-0.25, -0.2) is 4.98 Å². The van der Waals surface area contributed by atoms with Crippen LogP contribution in [-0.4, -0.2) is 40.5 Å². The first-order valence-electron chi connectivity index (χ1n) is 9.66. The highest BCUT2D eigenvalue weighted by Gasteiger charge is 2.13. The number of nitrogens with zero attached hydrogens (tertiary/aromatic N) is 3. The van der Waals surface area contributed by atoms with Gasteiger partial charge in [-0.15, -0.1) is 0 Å². The molecular formula is C23H26N4O2. The third kappa shape index (κ3) is 5.78. The lowest BCUT2D eigenvalue weighted by molar-refractivity contribution is 0.0796. The molecule has 0 radical (unpaired) electrons. The van der Waals surface area contributed by atoms with Crippen LogP contribution in [0.25, 0.3) is 0 Å². The van der Waals surface area contributed by atoms with Crippen LogP contribution in [0.2, 0.25) is 0 Å². The zero-order valence-electron chi connectivity index (χ0n) is 17.0. The Morgan fingerprint density at radius 1 is 1.10 bits per heavy atom. The quantitative estimate of drug-likeness (QED) is 0.620. The fourth-order valence-corrected chi connectivity index (χ4v) is 2.86. The van der Waals surface area contributed by atoms with Crippen LogP contribution < -0.4 is 10.1 Å². The molecular weight excluding hydrogens is 364 g/mol. The minimum Gasteiger partial charge on any atom is -0.489 e. The van der Waals surface area contributed by atoms with E-state index in [0.717, 1.165) is 23.4 Å². The Bertz CT molecular complexity index is 944. The van der Waals surface area contributed by atoms with Crippen LogP contribution in [0.4, 0.5) is 11.5 Å². The zero-order chi connectivity index (χ0) is 20.6. The molecule has 3 rings (SSSR count). The molecule has 0 saturated carbocycles. The number of amides is 1. The van der Waals surface area contributed by atoms with Crippen molar-refractivity contribution in [1.82, 2.24) is 14.9 Å². The van der Waals surface area contributed by atoms with Gasteiger partial charge in [0.2, 0.25) is 0 Å². The Morgan fingerprint density at radius 2 is 1.86 bits per heavy atom. The second kappa shape index (κ2) is 9.68. The van der Waals surface area contributed by atoms with E-state index in [4.69, 9.17) is 4.74 Å². The van der Waals surface area contributed by atoms with E-state index in [-0.39, 0.29) is 12.0 Å². The van der Waals surface area contributed by atoms with Gasteiger partial charge in [-0.1, -0.05) is 12.1 Å². The monoisotopic (exact) mass is 390 g/mol. The van der Waals surface area contributed by atoms with E-state index in [1.165, 1.54) is 0 Å². The van der Waals surface area contributed by atoms with Crippen molar-refractivity contribution in [2.24, 2.45) is 0 Å². The number of pyridine rings is 2. The first-order valence-corrected chi connectivity index (χ1v) is 9.66. The number of anilines is 2. The maximum atomic E-state index is 12.8. The second-order valence-corrected chi connectivity index (χ2v) is 7.05. The average Bonchev–Trinajstić information content (AvgIpc) is 2.73. The van der Waals surface area contributed by atoms with E-state index in [1.54, 1.807) is 35.6 Å². The van der Waals surface area contributed by atoms with Gasteiger partial charge in [0.25, 0.3) is 5.91 Å². The molecule has 0 fully saturated rings. The highest BCUT2D eigenvalue weighted by Crippen LogP contribution is 2.27. The molecule has 2 aromatic heterocycles. The summed E-state index contributed by atoms with van der Waals surface area (Å²) in [4.78, 5) is 22.9. The molecule has 0 aliphatic rings. The van der Waals surface area contributed by atoms with Crippen molar-refractivity contribution in [3.8, 4) is 5.75 Å². The molecule has 0 atom stereocenters. The lowest BCUT2D eigenvalue weighted by Gasteiger charge is -2.18. The van der Waals surface area contributed by atoms with Crippen molar-refractivity contribution < 1.29 is 9.53 Å². The highest BCUT2D eigenvalue weighted by atomic mass is 16.5. The fraction of sp³-hybridized carbons (Fsp3) is 0.261. The average molecular weight is 390 g/mol. The molecule has 1 N–H and O–H groups in total. The molecule has 0 bridgehead atoms. The van der Waals surface area contributed by atoms with Crippen molar-refractivity contribution in [2.45, 2.75) is 26.4 Å². The summed E-state index contributed by atoms with van der Waals surface area (Å²) < 4.78 is 5.84. The van der Waals surface area contributed by atoms with Crippen LogP contribution in [0.5, 0.6) is 5.75 Å². The van der Waals surface area contributed by atoms with Crippen molar-refractivity contribution in [2.75, 3.05) is 18.9 Å². The molecule has 6 heteroatoms. The number of benzene rings is 1. The standard InChI is InChI=1S/C23H26N4O2/c1-17(2)29-21-7-5-4-6-20(21)26-22-16-19(10-14-25-22)23(28)27(3)15-11-18-8-12-24-13-9-18/h4-10,12-14,16-17H,11,15H2,1-3H3,(H,25,26). The Balaban J connectivity index is 1.68. The molecule has 3 aromatic rings. The SMILES string of the molecule is CC(C)Oc1ccccc1Nc1cc(C(=O)N(C)CCc2ccncc2)ccn1. The summed E-state index contributed by atoms with van der Waals surface area (Å²) in [6.45, 7) is 4.59. The summed E-state index contributed by atoms with van der Waals surface area (Å²) in [6.07, 6.45) is 6.00. The van der Waals surface area contributed by atoms with Gasteiger partial charge in [-0.05, 0) is 62.2 Å². The van der Waals surface area contributed by atoms with Crippen LogP contribution in [0.15, 0.2) is 67.1 Å². The molecule has 1 aromatic carbocycles. The number of likely N-dealkylation sites (N-methyl/N-ethyl adjacent to an activating group) is 1. The smallest absolute Gasteiger partial charge is 0.253 e. The van der Waals surface area contributed by atoms with E-state index >= 15 is 0 Å². The number of aromatic nitrogens is 2. The Kier molecular flexibility index (Phi) is 6.79. The Labute approximate surface area is 171 Å². The number of carbonyl (C=O) groups excluding carboxylic acids is 1. The Hall–Kier alpha value is -3.41. The minimum atomic E-state index is -0.0452. The predicted molar refractivity (Wildman–Crippen MR) is 115 cm³/mol. The lowest BCUT2D eigenvalue weighted by atomic mass is 10.2. The predicted octanol–water partition coefficient (Wildman–Crippen LogP) is 4.32. The normalized spacial score (nSPS) is 10.6. The largest absolute Gasteiger partial charge is 0.489 e. The van der Waals surface area contributed by atoms with Crippen LogP contribution in [-0.2, 0) is 6.42 Å². The number of hydrogen-bond acceptors (Lipinski definition) is 5. The summed E-state index contributed by atoms with van der Waals surface area (Å²) in [5.41, 5.74) is 2.55. The van der Waals surface area contributed by atoms with Crippen LogP contribution in [0.3, 0.4) is 0 Å². The first kappa shape index (κ1) is 20.3. The maximum Gasteiger partial charge on any atom is 0.253 e. The molecule has 0 saturated heterocycles. The maximum absolute atomic E-state index is 12.8. The number of ether oxygens (including phenoxy) is 1. The van der Waals surface area contributed by atoms with Crippen LogP contribution >= 0.6 is 0 Å². The van der Waals surface area contributed by atoms with Crippen LogP contribution in [0.1, 0.15) is 29.8 Å². The van der Waals surface area contributed by atoms with Crippen LogP contribution in [0, 0.1) is 0 Å². The van der Waals surface area contributed by atoms with E-state index < -0.39 is 0 Å². The molecule has 6 nitrogen and oxygen atoms in total. The molecule has 0 aliphatic carbocycles. The highest BCUT2D eigenvalue weighted by molar-refractivity contribution is 5.94. The second-order valence-electron chi connectivity index (χ2n) is 7.05. The zero-order valence-corrected chi connectivity index (χ0v) is 17.0. The molecule has 0 aliphatic heterocycles. The summed E-state index contributed by atoms with van der Waals surface area (Å²) in [5, 5.41) is 3.26. The summed E-state index contributed by atoms with van der Waals surface area (Å²) >= 11 is 0.